The average molecular weight is 402 g/mol. The summed E-state index contributed by atoms with van der Waals surface area (Å²) in [5, 5.41) is 13.9. The summed E-state index contributed by atoms with van der Waals surface area (Å²) in [6.45, 7) is 2.38. The molecule has 0 aliphatic heterocycles. The molecule has 1 amide bonds. The molecule has 1 atom stereocenters. The molecule has 0 saturated carbocycles. The van der Waals surface area contributed by atoms with Gasteiger partial charge in [0.1, 0.15) is 5.75 Å². The zero-order valence-corrected chi connectivity index (χ0v) is 16.8. The second kappa shape index (κ2) is 10.2. The Kier molecular flexibility index (Phi) is 7.70. The molecule has 0 fully saturated rings. The smallest absolute Gasteiger partial charge is 0.252 e. The summed E-state index contributed by atoms with van der Waals surface area (Å²) in [6.07, 6.45) is -0.385. The quantitative estimate of drug-likeness (QED) is 0.645. The standard InChI is InChI=1S/C21H25NO7/c1-5-29-15-8-6-13(7-9-15)16(12-19(23)24)22-21(25)14-10-17(26-2)20(28-4)18(11-14)27-3/h6-11,16H,5,12H2,1-4H3,(H,22,25)(H,23,24)/p-1/t16-/m0/s1. The third kappa shape index (κ3) is 5.54. The Bertz CT molecular complexity index is 824. The zero-order chi connectivity index (χ0) is 21.4. The molecule has 2 aromatic rings. The number of aliphatic carboxylic acids is 1. The summed E-state index contributed by atoms with van der Waals surface area (Å²) >= 11 is 0. The van der Waals surface area contributed by atoms with Crippen molar-refractivity contribution in [2.24, 2.45) is 0 Å². The molecule has 0 bridgehead atoms. The molecule has 156 valence electrons. The van der Waals surface area contributed by atoms with E-state index in [-0.39, 0.29) is 12.0 Å². The first kappa shape index (κ1) is 21.9. The van der Waals surface area contributed by atoms with Gasteiger partial charge in [0.15, 0.2) is 11.5 Å². The molecular formula is C21H24NO7-. The number of benzene rings is 2. The van der Waals surface area contributed by atoms with Crippen molar-refractivity contribution in [3.05, 3.63) is 47.5 Å². The van der Waals surface area contributed by atoms with E-state index in [1.807, 2.05) is 6.92 Å². The summed E-state index contributed by atoms with van der Waals surface area (Å²) < 4.78 is 21.2. The molecule has 0 aliphatic rings. The second-order valence-corrected chi connectivity index (χ2v) is 6.02. The number of carbonyl (C=O) groups excluding carboxylic acids is 2. The van der Waals surface area contributed by atoms with E-state index in [0.29, 0.717) is 35.2 Å². The summed E-state index contributed by atoms with van der Waals surface area (Å²) in [7, 11) is 4.34. The van der Waals surface area contributed by atoms with Crippen molar-refractivity contribution < 1.29 is 33.6 Å². The first-order chi connectivity index (χ1) is 13.9. The number of rotatable bonds is 10. The molecule has 0 saturated heterocycles. The van der Waals surface area contributed by atoms with Gasteiger partial charge in [0.2, 0.25) is 5.75 Å². The Morgan fingerprint density at radius 1 is 1.00 bits per heavy atom. The fraction of sp³-hybridized carbons (Fsp3) is 0.333. The van der Waals surface area contributed by atoms with Gasteiger partial charge < -0.3 is 34.2 Å². The topological polar surface area (TPSA) is 106 Å². The molecule has 0 spiro atoms. The molecule has 2 aromatic carbocycles. The Balaban J connectivity index is 2.31. The number of methoxy groups -OCH3 is 3. The van der Waals surface area contributed by atoms with Gasteiger partial charge in [-0.15, -0.1) is 0 Å². The van der Waals surface area contributed by atoms with Gasteiger partial charge in [-0.25, -0.2) is 0 Å². The Hall–Kier alpha value is -3.42. The van der Waals surface area contributed by atoms with Crippen LogP contribution in [-0.4, -0.2) is 39.8 Å². The number of nitrogens with one attached hydrogen (secondary N) is 1. The normalized spacial score (nSPS) is 11.3. The van der Waals surface area contributed by atoms with Crippen LogP contribution in [0.2, 0.25) is 0 Å². The highest BCUT2D eigenvalue weighted by Crippen LogP contribution is 2.38. The van der Waals surface area contributed by atoms with Crippen LogP contribution in [0, 0.1) is 0 Å². The summed E-state index contributed by atoms with van der Waals surface area (Å²) in [5.41, 5.74) is 0.840. The van der Waals surface area contributed by atoms with Gasteiger partial charge in [0.25, 0.3) is 5.91 Å². The lowest BCUT2D eigenvalue weighted by Crippen LogP contribution is -2.34. The van der Waals surface area contributed by atoms with Crippen molar-refractivity contribution in [3.63, 3.8) is 0 Å². The van der Waals surface area contributed by atoms with Crippen LogP contribution in [0.5, 0.6) is 23.0 Å². The van der Waals surface area contributed by atoms with E-state index in [2.05, 4.69) is 5.32 Å². The van der Waals surface area contributed by atoms with Crippen molar-refractivity contribution in [2.75, 3.05) is 27.9 Å². The lowest BCUT2D eigenvalue weighted by atomic mass is 10.0. The van der Waals surface area contributed by atoms with E-state index in [1.165, 1.54) is 33.5 Å². The minimum absolute atomic E-state index is 0.230. The molecule has 0 radical (unpaired) electrons. The SMILES string of the molecule is CCOc1ccc([C@H](CC(=O)[O-])NC(=O)c2cc(OC)c(OC)c(OC)c2)cc1. The third-order valence-electron chi connectivity index (χ3n) is 4.20. The minimum atomic E-state index is -1.28. The number of carbonyl (C=O) groups is 2. The monoisotopic (exact) mass is 402 g/mol. The number of amides is 1. The van der Waals surface area contributed by atoms with Crippen molar-refractivity contribution in [2.45, 2.75) is 19.4 Å². The molecule has 0 aromatic heterocycles. The van der Waals surface area contributed by atoms with Crippen LogP contribution in [-0.2, 0) is 4.79 Å². The lowest BCUT2D eigenvalue weighted by Gasteiger charge is -2.21. The highest BCUT2D eigenvalue weighted by molar-refractivity contribution is 5.96. The van der Waals surface area contributed by atoms with Gasteiger partial charge in [0, 0.05) is 18.0 Å². The van der Waals surface area contributed by atoms with E-state index in [1.54, 1.807) is 24.3 Å². The van der Waals surface area contributed by atoms with Crippen LogP contribution in [0.4, 0.5) is 0 Å². The molecule has 29 heavy (non-hydrogen) atoms. The maximum absolute atomic E-state index is 12.8. The Morgan fingerprint density at radius 3 is 2.03 bits per heavy atom. The van der Waals surface area contributed by atoms with E-state index in [9.17, 15) is 14.7 Å². The maximum atomic E-state index is 12.8. The maximum Gasteiger partial charge on any atom is 0.252 e. The number of ether oxygens (including phenoxy) is 4. The molecule has 8 heteroatoms. The lowest BCUT2D eigenvalue weighted by molar-refractivity contribution is -0.306. The number of carboxylic acids is 1. The van der Waals surface area contributed by atoms with E-state index in [4.69, 9.17) is 18.9 Å². The van der Waals surface area contributed by atoms with Gasteiger partial charge in [-0.1, -0.05) is 12.1 Å². The average Bonchev–Trinajstić information content (AvgIpc) is 2.72. The van der Waals surface area contributed by atoms with Crippen LogP contribution in [0.15, 0.2) is 36.4 Å². The Morgan fingerprint density at radius 2 is 1.59 bits per heavy atom. The van der Waals surface area contributed by atoms with Crippen LogP contribution in [0.25, 0.3) is 0 Å². The van der Waals surface area contributed by atoms with E-state index in [0.717, 1.165) is 0 Å². The van der Waals surface area contributed by atoms with Crippen molar-refractivity contribution in [1.29, 1.82) is 0 Å². The third-order valence-corrected chi connectivity index (χ3v) is 4.20. The molecule has 0 aliphatic carbocycles. The van der Waals surface area contributed by atoms with Crippen LogP contribution < -0.4 is 29.4 Å². The van der Waals surface area contributed by atoms with Gasteiger partial charge in [-0.3, -0.25) is 4.79 Å². The first-order valence-corrected chi connectivity index (χ1v) is 8.96. The minimum Gasteiger partial charge on any atom is -0.550 e. The highest BCUT2D eigenvalue weighted by Gasteiger charge is 2.20. The largest absolute Gasteiger partial charge is 0.550 e. The van der Waals surface area contributed by atoms with Crippen molar-refractivity contribution >= 4 is 11.9 Å². The summed E-state index contributed by atoms with van der Waals surface area (Å²) in [4.78, 5) is 24.0. The van der Waals surface area contributed by atoms with Crippen LogP contribution in [0.1, 0.15) is 35.3 Å². The summed E-state index contributed by atoms with van der Waals surface area (Å²) in [6, 6.07) is 9.03. The van der Waals surface area contributed by atoms with Crippen LogP contribution in [0.3, 0.4) is 0 Å². The van der Waals surface area contributed by atoms with Gasteiger partial charge in [-0.2, -0.15) is 0 Å². The highest BCUT2D eigenvalue weighted by atomic mass is 16.5. The number of hydrogen-bond donors (Lipinski definition) is 1. The predicted octanol–water partition coefficient (Wildman–Crippen LogP) is 1.72. The van der Waals surface area contributed by atoms with Gasteiger partial charge in [0.05, 0.1) is 34.0 Å². The summed E-state index contributed by atoms with van der Waals surface area (Å²) in [5.74, 6) is -0.147. The van der Waals surface area contributed by atoms with Crippen LogP contribution >= 0.6 is 0 Å². The molecule has 2 rings (SSSR count). The van der Waals surface area contributed by atoms with Crippen molar-refractivity contribution in [1.82, 2.24) is 5.32 Å². The van der Waals surface area contributed by atoms with Gasteiger partial charge in [-0.05, 0) is 36.8 Å². The number of hydrogen-bond acceptors (Lipinski definition) is 7. The second-order valence-electron chi connectivity index (χ2n) is 6.02. The predicted molar refractivity (Wildman–Crippen MR) is 104 cm³/mol. The van der Waals surface area contributed by atoms with Crippen molar-refractivity contribution in [3.8, 4) is 23.0 Å². The molecule has 0 unspecified atom stereocenters. The fourth-order valence-electron chi connectivity index (χ4n) is 2.84. The fourth-order valence-corrected chi connectivity index (χ4v) is 2.84. The molecule has 0 heterocycles. The molecular weight excluding hydrogens is 378 g/mol. The van der Waals surface area contributed by atoms with Gasteiger partial charge >= 0.3 is 0 Å². The van der Waals surface area contributed by atoms with E-state index < -0.39 is 17.9 Å². The Labute approximate surface area is 169 Å². The van der Waals surface area contributed by atoms with E-state index >= 15 is 0 Å². The number of carboxylic acid groups (broad SMARTS) is 1. The zero-order valence-electron chi connectivity index (χ0n) is 16.8. The molecule has 1 N–H and O–H groups in total. The molecule has 8 nitrogen and oxygen atoms in total. The first-order valence-electron chi connectivity index (χ1n) is 8.96.